The molecule has 3 amide bonds. The van der Waals surface area contributed by atoms with Gasteiger partial charge in [-0.15, -0.1) is 0 Å². The summed E-state index contributed by atoms with van der Waals surface area (Å²) >= 11 is 1.93. The van der Waals surface area contributed by atoms with Crippen molar-refractivity contribution in [2.24, 2.45) is 0 Å². The number of carbonyl (C=O) groups excluding carboxylic acids is 2. The molecule has 166 valence electrons. The summed E-state index contributed by atoms with van der Waals surface area (Å²) in [5, 5.41) is 10.9. The fourth-order valence-corrected chi connectivity index (χ4v) is 6.80. The molecule has 31 heavy (non-hydrogen) atoms. The van der Waals surface area contributed by atoms with Gasteiger partial charge in [0.2, 0.25) is 5.91 Å². The molecule has 1 aliphatic carbocycles. The lowest BCUT2D eigenvalue weighted by molar-refractivity contribution is -0.122. The number of benzene rings is 1. The summed E-state index contributed by atoms with van der Waals surface area (Å²) in [6, 6.07) is 6.63. The van der Waals surface area contributed by atoms with Gasteiger partial charge in [0.1, 0.15) is 5.75 Å². The van der Waals surface area contributed by atoms with E-state index in [0.29, 0.717) is 11.7 Å². The molecule has 1 aromatic carbocycles. The Morgan fingerprint density at radius 3 is 3.06 bits per heavy atom. The number of hydrogen-bond acceptors (Lipinski definition) is 4. The van der Waals surface area contributed by atoms with E-state index in [9.17, 15) is 9.59 Å². The number of H-pyrrole nitrogens is 1. The van der Waals surface area contributed by atoms with E-state index < -0.39 is 0 Å². The molecule has 4 atom stereocenters. The summed E-state index contributed by atoms with van der Waals surface area (Å²) in [6.07, 6.45) is 6.55. The highest BCUT2D eigenvalue weighted by molar-refractivity contribution is 8.00. The van der Waals surface area contributed by atoms with E-state index in [1.807, 2.05) is 17.8 Å². The number of aryl methyl sites for hydroxylation is 1. The fraction of sp³-hybridized carbons (Fsp3) is 0.565. The molecule has 3 aliphatic rings. The lowest BCUT2D eigenvalue weighted by Crippen LogP contribution is -2.36. The molecule has 2 aromatic rings. The maximum Gasteiger partial charge on any atom is 0.315 e. The van der Waals surface area contributed by atoms with Crippen LogP contribution in [0.3, 0.4) is 0 Å². The molecule has 0 saturated carbocycles. The fourth-order valence-electron chi connectivity index (χ4n) is 5.25. The second kappa shape index (κ2) is 8.65. The van der Waals surface area contributed by atoms with Crippen molar-refractivity contribution < 1.29 is 14.3 Å². The lowest BCUT2D eigenvalue weighted by Gasteiger charge is -2.24. The van der Waals surface area contributed by atoms with E-state index in [4.69, 9.17) is 4.74 Å². The van der Waals surface area contributed by atoms with E-state index in [0.717, 1.165) is 61.2 Å². The minimum absolute atomic E-state index is 0.0399. The SMILES string of the molecule is COc1ccc2[nH]c3c(c2c1)CCC[C@H]3NC(=O)CCCC[C@H]1SC[C@@H]2NC(=O)N[C@@H]21. The molecule has 4 N–H and O–H groups in total. The van der Waals surface area contributed by atoms with Crippen molar-refractivity contribution in [3.8, 4) is 5.75 Å². The number of ether oxygens (including phenoxy) is 1. The number of carbonyl (C=O) groups is 2. The number of fused-ring (bicyclic) bond motifs is 4. The molecule has 8 heteroatoms. The third kappa shape index (κ3) is 4.10. The Morgan fingerprint density at radius 2 is 2.19 bits per heavy atom. The van der Waals surface area contributed by atoms with Gasteiger partial charge in [-0.3, -0.25) is 4.79 Å². The van der Waals surface area contributed by atoms with Crippen LogP contribution in [0.15, 0.2) is 18.2 Å². The van der Waals surface area contributed by atoms with Crippen molar-refractivity contribution in [2.75, 3.05) is 12.9 Å². The predicted octanol–water partition coefficient (Wildman–Crippen LogP) is 3.40. The highest BCUT2D eigenvalue weighted by atomic mass is 32.2. The van der Waals surface area contributed by atoms with E-state index in [2.05, 4.69) is 33.1 Å². The molecule has 2 aliphatic heterocycles. The van der Waals surface area contributed by atoms with Gasteiger partial charge in [0.05, 0.1) is 25.2 Å². The van der Waals surface area contributed by atoms with Gasteiger partial charge in [-0.2, -0.15) is 11.8 Å². The van der Waals surface area contributed by atoms with Gasteiger partial charge in [0, 0.05) is 34.0 Å². The van der Waals surface area contributed by atoms with Crippen molar-refractivity contribution >= 4 is 34.6 Å². The molecular formula is C23H30N4O3S. The normalized spacial score (nSPS) is 26.8. The molecule has 0 unspecified atom stereocenters. The van der Waals surface area contributed by atoms with Crippen LogP contribution >= 0.6 is 11.8 Å². The number of unbranched alkanes of at least 4 members (excludes halogenated alkanes) is 1. The summed E-state index contributed by atoms with van der Waals surface area (Å²) < 4.78 is 5.38. The number of nitrogens with one attached hydrogen (secondary N) is 4. The van der Waals surface area contributed by atoms with Crippen molar-refractivity contribution in [1.82, 2.24) is 20.9 Å². The van der Waals surface area contributed by atoms with E-state index in [-0.39, 0.29) is 30.1 Å². The van der Waals surface area contributed by atoms with Gasteiger partial charge in [-0.1, -0.05) is 6.42 Å². The van der Waals surface area contributed by atoms with Gasteiger partial charge in [0.15, 0.2) is 0 Å². The Hall–Kier alpha value is -2.35. The number of amides is 3. The molecule has 7 nitrogen and oxygen atoms in total. The zero-order chi connectivity index (χ0) is 21.4. The first-order chi connectivity index (χ1) is 15.1. The van der Waals surface area contributed by atoms with Gasteiger partial charge in [0.25, 0.3) is 0 Å². The first-order valence-corrected chi connectivity index (χ1v) is 12.3. The summed E-state index contributed by atoms with van der Waals surface area (Å²) in [7, 11) is 1.69. The molecule has 0 spiro atoms. The Morgan fingerprint density at radius 1 is 1.29 bits per heavy atom. The standard InChI is InChI=1S/C23H30N4O3S/c1-30-13-9-10-16-15(11-13)14-5-4-6-17(21(14)25-16)24-20(28)8-3-2-7-19-22-18(12-31-19)26-23(29)27-22/h9-11,17-19,22,25H,2-8,12H2,1H3,(H,24,28)(H2,26,27,29)/t17-,18+,19-,22+/m1/s1. The molecule has 3 heterocycles. The third-order valence-electron chi connectivity index (χ3n) is 6.83. The highest BCUT2D eigenvalue weighted by Gasteiger charge is 2.42. The van der Waals surface area contributed by atoms with Crippen LogP contribution in [-0.2, 0) is 11.2 Å². The summed E-state index contributed by atoms with van der Waals surface area (Å²) in [5.74, 6) is 1.97. The van der Waals surface area contributed by atoms with Crippen molar-refractivity contribution in [3.05, 3.63) is 29.5 Å². The summed E-state index contributed by atoms with van der Waals surface area (Å²) in [6.45, 7) is 0. The zero-order valence-corrected chi connectivity index (χ0v) is 18.6. The Labute approximate surface area is 186 Å². The van der Waals surface area contributed by atoms with E-state index in [1.165, 1.54) is 10.9 Å². The maximum atomic E-state index is 12.6. The van der Waals surface area contributed by atoms with Crippen molar-refractivity contribution in [1.29, 1.82) is 0 Å². The van der Waals surface area contributed by atoms with Crippen LogP contribution in [0.2, 0.25) is 0 Å². The largest absolute Gasteiger partial charge is 0.497 e. The average Bonchev–Trinajstić information content (AvgIpc) is 3.43. The Balaban J connectivity index is 1.13. The lowest BCUT2D eigenvalue weighted by atomic mass is 9.91. The number of aromatic nitrogens is 1. The molecule has 2 fully saturated rings. The number of urea groups is 1. The molecular weight excluding hydrogens is 412 g/mol. The number of methoxy groups -OCH3 is 1. The number of aromatic amines is 1. The smallest absolute Gasteiger partial charge is 0.315 e. The number of rotatable bonds is 7. The number of hydrogen-bond donors (Lipinski definition) is 4. The minimum atomic E-state index is -0.0399. The second-order valence-corrected chi connectivity index (χ2v) is 10.1. The third-order valence-corrected chi connectivity index (χ3v) is 8.34. The van der Waals surface area contributed by atoms with Gasteiger partial charge < -0.3 is 25.7 Å². The monoisotopic (exact) mass is 442 g/mol. The van der Waals surface area contributed by atoms with Crippen LogP contribution < -0.4 is 20.7 Å². The minimum Gasteiger partial charge on any atom is -0.497 e. The number of thioether (sulfide) groups is 1. The van der Waals surface area contributed by atoms with E-state index in [1.54, 1.807) is 7.11 Å². The second-order valence-electron chi connectivity index (χ2n) is 8.81. The van der Waals surface area contributed by atoms with Crippen LogP contribution in [-0.4, -0.2) is 47.1 Å². The Kier molecular flexibility index (Phi) is 5.73. The summed E-state index contributed by atoms with van der Waals surface area (Å²) in [5.41, 5.74) is 3.57. The quantitative estimate of drug-likeness (QED) is 0.390. The first kappa shape index (κ1) is 20.5. The topological polar surface area (TPSA) is 95.2 Å². The highest BCUT2D eigenvalue weighted by Crippen LogP contribution is 2.36. The molecule has 1 aromatic heterocycles. The summed E-state index contributed by atoms with van der Waals surface area (Å²) in [4.78, 5) is 27.7. The van der Waals surface area contributed by atoms with Gasteiger partial charge in [-0.05, 0) is 55.9 Å². The first-order valence-electron chi connectivity index (χ1n) is 11.3. The Bertz CT molecular complexity index is 991. The molecule has 0 bridgehead atoms. The van der Waals surface area contributed by atoms with Gasteiger partial charge >= 0.3 is 6.03 Å². The van der Waals surface area contributed by atoms with Crippen molar-refractivity contribution in [3.63, 3.8) is 0 Å². The zero-order valence-electron chi connectivity index (χ0n) is 17.8. The van der Waals surface area contributed by atoms with E-state index >= 15 is 0 Å². The van der Waals surface area contributed by atoms with Crippen LogP contribution in [0.5, 0.6) is 5.75 Å². The van der Waals surface area contributed by atoms with Gasteiger partial charge in [-0.25, -0.2) is 4.79 Å². The molecule has 2 saturated heterocycles. The van der Waals surface area contributed by atoms with Crippen LogP contribution in [0.25, 0.3) is 10.9 Å². The van der Waals surface area contributed by atoms with Crippen LogP contribution in [0.1, 0.15) is 55.8 Å². The average molecular weight is 443 g/mol. The maximum absolute atomic E-state index is 12.6. The molecule has 5 rings (SSSR count). The predicted molar refractivity (Wildman–Crippen MR) is 123 cm³/mol. The van der Waals surface area contributed by atoms with Crippen LogP contribution in [0.4, 0.5) is 4.79 Å². The van der Waals surface area contributed by atoms with Crippen molar-refractivity contribution in [2.45, 2.75) is 68.3 Å². The molecule has 0 radical (unpaired) electrons. The van der Waals surface area contributed by atoms with Crippen LogP contribution in [0, 0.1) is 0 Å².